The first kappa shape index (κ1) is 14.3. The van der Waals surface area contributed by atoms with E-state index in [9.17, 15) is 4.39 Å². The highest BCUT2D eigenvalue weighted by molar-refractivity contribution is 5.52. The largest absolute Gasteiger partial charge is 0.380 e. The second-order valence-electron chi connectivity index (χ2n) is 5.64. The van der Waals surface area contributed by atoms with Crippen LogP contribution in [-0.4, -0.2) is 30.6 Å². The molecule has 1 saturated heterocycles. The lowest BCUT2D eigenvalue weighted by atomic mass is 9.90. The molecule has 1 aromatic rings. The summed E-state index contributed by atoms with van der Waals surface area (Å²) in [5.41, 5.74) is 1.66. The van der Waals surface area contributed by atoms with Crippen LogP contribution in [0.15, 0.2) is 18.2 Å². The monoisotopic (exact) mass is 264 g/mol. The highest BCUT2D eigenvalue weighted by Gasteiger charge is 2.23. The van der Waals surface area contributed by atoms with Crippen molar-refractivity contribution in [2.24, 2.45) is 5.92 Å². The fourth-order valence-electron chi connectivity index (χ4n) is 2.93. The first-order valence-corrected chi connectivity index (χ1v) is 7.35. The molecule has 1 aliphatic rings. The number of anilines is 1. The summed E-state index contributed by atoms with van der Waals surface area (Å²) in [6.45, 7) is 9.83. The van der Waals surface area contributed by atoms with Crippen molar-refractivity contribution in [2.75, 3.05) is 25.0 Å². The van der Waals surface area contributed by atoms with Crippen LogP contribution in [-0.2, 0) is 0 Å². The first-order valence-electron chi connectivity index (χ1n) is 7.35. The van der Waals surface area contributed by atoms with Crippen LogP contribution in [0.5, 0.6) is 0 Å². The molecule has 0 saturated carbocycles. The van der Waals surface area contributed by atoms with Gasteiger partial charge in [-0.05, 0) is 63.9 Å². The van der Waals surface area contributed by atoms with Crippen LogP contribution in [0.1, 0.15) is 32.3 Å². The summed E-state index contributed by atoms with van der Waals surface area (Å²) in [7, 11) is 0. The van der Waals surface area contributed by atoms with E-state index in [-0.39, 0.29) is 5.82 Å². The fourth-order valence-corrected chi connectivity index (χ4v) is 2.93. The Labute approximate surface area is 116 Å². The number of halogens is 1. The third-order valence-corrected chi connectivity index (χ3v) is 4.38. The van der Waals surface area contributed by atoms with Gasteiger partial charge in [-0.25, -0.2) is 4.39 Å². The maximum Gasteiger partial charge on any atom is 0.146 e. The number of para-hydroxylation sites is 1. The highest BCUT2D eigenvalue weighted by atomic mass is 19.1. The lowest BCUT2D eigenvalue weighted by molar-refractivity contribution is 0.183. The van der Waals surface area contributed by atoms with Gasteiger partial charge in [0.05, 0.1) is 5.69 Å². The quantitative estimate of drug-likeness (QED) is 0.892. The molecule has 19 heavy (non-hydrogen) atoms. The third-order valence-electron chi connectivity index (χ3n) is 4.38. The van der Waals surface area contributed by atoms with Gasteiger partial charge in [0.25, 0.3) is 0 Å². The number of nitrogens with one attached hydrogen (secondary N) is 1. The molecule has 2 nitrogen and oxygen atoms in total. The van der Waals surface area contributed by atoms with Crippen molar-refractivity contribution in [2.45, 2.75) is 39.7 Å². The van der Waals surface area contributed by atoms with Crippen LogP contribution in [0, 0.1) is 18.7 Å². The normalized spacial score (nSPS) is 19.4. The average Bonchev–Trinajstić information content (AvgIpc) is 2.43. The molecular formula is C16H25FN2. The highest BCUT2D eigenvalue weighted by Crippen LogP contribution is 2.26. The number of hydrogen-bond donors (Lipinski definition) is 1. The molecule has 1 aliphatic heterocycles. The Kier molecular flexibility index (Phi) is 4.81. The molecule has 0 spiro atoms. The Morgan fingerprint density at radius 2 is 2.05 bits per heavy atom. The number of likely N-dealkylation sites (tertiary alicyclic amines) is 1. The van der Waals surface area contributed by atoms with E-state index in [0.717, 1.165) is 12.1 Å². The Morgan fingerprint density at radius 1 is 1.37 bits per heavy atom. The molecule has 0 amide bonds. The van der Waals surface area contributed by atoms with Crippen LogP contribution in [0.2, 0.25) is 0 Å². The zero-order valence-corrected chi connectivity index (χ0v) is 12.2. The predicted molar refractivity (Wildman–Crippen MR) is 79.1 cm³/mol. The third kappa shape index (κ3) is 3.47. The minimum Gasteiger partial charge on any atom is -0.380 e. The van der Waals surface area contributed by atoms with Crippen LogP contribution < -0.4 is 5.32 Å². The van der Waals surface area contributed by atoms with E-state index in [2.05, 4.69) is 24.1 Å². The number of nitrogens with zero attached hydrogens (tertiary/aromatic N) is 1. The predicted octanol–water partition coefficient (Wildman–Crippen LogP) is 3.67. The summed E-state index contributed by atoms with van der Waals surface area (Å²) in [5, 5.41) is 3.39. The summed E-state index contributed by atoms with van der Waals surface area (Å²) >= 11 is 0. The first-order chi connectivity index (χ1) is 9.11. The van der Waals surface area contributed by atoms with Crippen molar-refractivity contribution < 1.29 is 4.39 Å². The summed E-state index contributed by atoms with van der Waals surface area (Å²) in [6.07, 6.45) is 2.41. The fraction of sp³-hybridized carbons (Fsp3) is 0.625. The molecule has 1 unspecified atom stereocenters. The van der Waals surface area contributed by atoms with Crippen molar-refractivity contribution >= 4 is 5.69 Å². The van der Waals surface area contributed by atoms with E-state index in [1.54, 1.807) is 6.07 Å². The van der Waals surface area contributed by atoms with Gasteiger partial charge in [0, 0.05) is 6.04 Å². The summed E-state index contributed by atoms with van der Waals surface area (Å²) in [5.74, 6) is 0.500. The van der Waals surface area contributed by atoms with Gasteiger partial charge in [-0.2, -0.15) is 0 Å². The van der Waals surface area contributed by atoms with Gasteiger partial charge in [-0.15, -0.1) is 0 Å². The van der Waals surface area contributed by atoms with Gasteiger partial charge in [0.15, 0.2) is 0 Å². The maximum absolute atomic E-state index is 13.8. The Bertz CT molecular complexity index is 391. The van der Waals surface area contributed by atoms with Crippen molar-refractivity contribution in [3.63, 3.8) is 0 Å². The van der Waals surface area contributed by atoms with Gasteiger partial charge >= 0.3 is 0 Å². The lowest BCUT2D eigenvalue weighted by Gasteiger charge is -2.35. The molecule has 1 heterocycles. The van der Waals surface area contributed by atoms with Crippen LogP contribution in [0.3, 0.4) is 0 Å². The van der Waals surface area contributed by atoms with Gasteiger partial charge in [-0.3, -0.25) is 0 Å². The number of aryl methyl sites for hydroxylation is 1. The van der Waals surface area contributed by atoms with Gasteiger partial charge < -0.3 is 10.2 Å². The molecule has 3 heteroatoms. The molecule has 1 N–H and O–H groups in total. The number of benzene rings is 1. The second-order valence-corrected chi connectivity index (χ2v) is 5.64. The van der Waals surface area contributed by atoms with E-state index in [4.69, 9.17) is 0 Å². The number of rotatable bonds is 4. The molecule has 0 radical (unpaired) electrons. The van der Waals surface area contributed by atoms with E-state index in [1.807, 2.05) is 13.0 Å². The lowest BCUT2D eigenvalue weighted by Crippen LogP contribution is -2.39. The second kappa shape index (κ2) is 6.38. The van der Waals surface area contributed by atoms with E-state index >= 15 is 0 Å². The summed E-state index contributed by atoms with van der Waals surface area (Å²) in [4.78, 5) is 2.48. The maximum atomic E-state index is 13.8. The minimum atomic E-state index is -0.141. The molecule has 1 fully saturated rings. The van der Waals surface area contributed by atoms with Crippen LogP contribution in [0.4, 0.5) is 10.1 Å². The van der Waals surface area contributed by atoms with Gasteiger partial charge in [-0.1, -0.05) is 19.1 Å². The molecular weight excluding hydrogens is 239 g/mol. The topological polar surface area (TPSA) is 15.3 Å². The molecule has 2 rings (SSSR count). The van der Waals surface area contributed by atoms with Crippen molar-refractivity contribution in [3.8, 4) is 0 Å². The standard InChI is InChI=1S/C16H25FN2/c1-4-19-10-8-14(9-11-19)13(3)18-16-12(2)6-5-7-15(16)17/h5-7,13-14,18H,4,8-11H2,1-3H3. The Balaban J connectivity index is 1.96. The Hall–Kier alpha value is -1.09. The smallest absolute Gasteiger partial charge is 0.146 e. The molecule has 0 aromatic heterocycles. The van der Waals surface area contributed by atoms with E-state index in [0.29, 0.717) is 17.6 Å². The van der Waals surface area contributed by atoms with Gasteiger partial charge in [0.1, 0.15) is 5.82 Å². The number of piperidine rings is 1. The van der Waals surface area contributed by atoms with Crippen molar-refractivity contribution in [1.82, 2.24) is 4.90 Å². The SMILES string of the molecule is CCN1CCC(C(C)Nc2c(C)cccc2F)CC1. The molecule has 1 atom stereocenters. The van der Waals surface area contributed by atoms with E-state index < -0.39 is 0 Å². The zero-order valence-electron chi connectivity index (χ0n) is 12.2. The summed E-state index contributed by atoms with van der Waals surface area (Å²) < 4.78 is 13.8. The van der Waals surface area contributed by atoms with Crippen LogP contribution >= 0.6 is 0 Å². The van der Waals surface area contributed by atoms with Crippen molar-refractivity contribution in [3.05, 3.63) is 29.6 Å². The number of hydrogen-bond acceptors (Lipinski definition) is 2. The van der Waals surface area contributed by atoms with E-state index in [1.165, 1.54) is 32.0 Å². The summed E-state index contributed by atoms with van der Waals surface area (Å²) in [6, 6.07) is 5.58. The van der Waals surface area contributed by atoms with Crippen molar-refractivity contribution in [1.29, 1.82) is 0 Å². The van der Waals surface area contributed by atoms with Crippen LogP contribution in [0.25, 0.3) is 0 Å². The minimum absolute atomic E-state index is 0.141. The average molecular weight is 264 g/mol. The Morgan fingerprint density at radius 3 is 2.63 bits per heavy atom. The molecule has 0 aliphatic carbocycles. The molecule has 106 valence electrons. The molecule has 1 aromatic carbocycles. The van der Waals surface area contributed by atoms with Gasteiger partial charge in [0.2, 0.25) is 0 Å². The zero-order chi connectivity index (χ0) is 13.8. The molecule has 0 bridgehead atoms.